The number of carbonyl (C=O) groups is 2. The van der Waals surface area contributed by atoms with Gasteiger partial charge in [0.1, 0.15) is 34.4 Å². The van der Waals surface area contributed by atoms with E-state index in [1.807, 2.05) is 16.6 Å². The van der Waals surface area contributed by atoms with Crippen LogP contribution in [0.3, 0.4) is 0 Å². The molecule has 0 saturated heterocycles. The Kier molecular flexibility index (Phi) is 8.46. The Balaban J connectivity index is 1.32. The van der Waals surface area contributed by atoms with Gasteiger partial charge >= 0.3 is 6.61 Å². The number of benzene rings is 1. The molecule has 2 atom stereocenters. The number of nitrogens with two attached hydrogens (primary N) is 1. The smallest absolute Gasteiger partial charge is 0.387 e. The number of anilines is 2. The average Bonchev–Trinajstić information content (AvgIpc) is 3.63. The summed E-state index contributed by atoms with van der Waals surface area (Å²) in [7, 11) is 0. The predicted molar refractivity (Wildman–Crippen MR) is 159 cm³/mol. The summed E-state index contributed by atoms with van der Waals surface area (Å²) in [5.41, 5.74) is 9.63. The van der Waals surface area contributed by atoms with Crippen molar-refractivity contribution in [2.24, 2.45) is 0 Å². The zero-order valence-corrected chi connectivity index (χ0v) is 23.7. The summed E-state index contributed by atoms with van der Waals surface area (Å²) < 4.78 is 37.2. The number of ether oxygens (including phenoxy) is 2. The molecule has 0 spiro atoms. The zero-order valence-electron chi connectivity index (χ0n) is 23.7. The summed E-state index contributed by atoms with van der Waals surface area (Å²) in [5.74, 6) is 0.709. The van der Waals surface area contributed by atoms with Gasteiger partial charge in [0.15, 0.2) is 0 Å². The van der Waals surface area contributed by atoms with Gasteiger partial charge in [0.05, 0.1) is 25.1 Å². The molecular formula is C31H31F2N7O4. The van der Waals surface area contributed by atoms with Crippen LogP contribution >= 0.6 is 0 Å². The van der Waals surface area contributed by atoms with Crippen molar-refractivity contribution >= 4 is 35.0 Å². The number of imidazole rings is 1. The van der Waals surface area contributed by atoms with Gasteiger partial charge in [-0.3, -0.25) is 14.0 Å². The van der Waals surface area contributed by atoms with E-state index in [2.05, 4.69) is 25.3 Å². The van der Waals surface area contributed by atoms with Gasteiger partial charge in [-0.1, -0.05) is 18.2 Å². The fraction of sp³-hybridized carbons (Fsp3) is 0.323. The number of hydrogen-bond acceptors (Lipinski definition) is 8. The van der Waals surface area contributed by atoms with Crippen LogP contribution in [0.2, 0.25) is 0 Å². The molecule has 228 valence electrons. The molecule has 1 saturated carbocycles. The first-order valence-corrected chi connectivity index (χ1v) is 14.4. The lowest BCUT2D eigenvalue weighted by atomic mass is 10.1. The molecule has 1 aliphatic heterocycles. The van der Waals surface area contributed by atoms with Gasteiger partial charge in [0.2, 0.25) is 5.91 Å². The number of nitrogens with one attached hydrogen (secondary N) is 2. The van der Waals surface area contributed by atoms with Gasteiger partial charge < -0.3 is 25.8 Å². The van der Waals surface area contributed by atoms with Gasteiger partial charge in [-0.05, 0) is 50.0 Å². The van der Waals surface area contributed by atoms with Gasteiger partial charge in [-0.15, -0.1) is 0 Å². The van der Waals surface area contributed by atoms with E-state index in [0.717, 1.165) is 36.3 Å². The summed E-state index contributed by atoms with van der Waals surface area (Å²) in [6.07, 6.45) is 10.4. The highest BCUT2D eigenvalue weighted by atomic mass is 19.3. The van der Waals surface area contributed by atoms with Crippen molar-refractivity contribution in [1.29, 1.82) is 0 Å². The van der Waals surface area contributed by atoms with E-state index >= 15 is 0 Å². The van der Waals surface area contributed by atoms with Gasteiger partial charge in [0.25, 0.3) is 5.91 Å². The summed E-state index contributed by atoms with van der Waals surface area (Å²) in [4.78, 5) is 38.9. The lowest BCUT2D eigenvalue weighted by Gasteiger charge is -2.14. The van der Waals surface area contributed by atoms with E-state index in [1.54, 1.807) is 30.5 Å². The average molecular weight is 604 g/mol. The fourth-order valence-electron chi connectivity index (χ4n) is 5.68. The standard InChI is InChI=1S/C31H31F2N7O4/c32-31(33)44-23-10-12-35-24(16-23)38-30(42)19-6-4-18(5-7-19)26-27-28(34)36-17-22-3-1-2-13-43-14-11-25(41)37-21-9-8-20(15-21)29(39-26)40(22)27/h1,3-7,10,12,16-17,20-21,31H,2,8-9,11,13-15H2,(H2,34,36)(H,37,41)(H,35,38,42)/t20-,21-/m1/s1. The molecule has 0 radical (unpaired) electrons. The van der Waals surface area contributed by atoms with E-state index in [1.165, 1.54) is 18.3 Å². The second-order valence-electron chi connectivity index (χ2n) is 10.7. The molecule has 2 amide bonds. The Morgan fingerprint density at radius 2 is 2.00 bits per heavy atom. The van der Waals surface area contributed by atoms with Crippen LogP contribution in [0.4, 0.5) is 20.4 Å². The van der Waals surface area contributed by atoms with E-state index in [9.17, 15) is 18.4 Å². The number of halogens is 2. The van der Waals surface area contributed by atoms with Gasteiger partial charge in [-0.2, -0.15) is 8.78 Å². The van der Waals surface area contributed by atoms with Crippen LogP contribution in [0.25, 0.3) is 22.9 Å². The third-order valence-corrected chi connectivity index (χ3v) is 7.71. The van der Waals surface area contributed by atoms with Crippen molar-refractivity contribution in [3.05, 3.63) is 71.9 Å². The molecule has 6 rings (SSSR count). The van der Waals surface area contributed by atoms with Crippen LogP contribution < -0.4 is 21.1 Å². The Morgan fingerprint density at radius 3 is 2.82 bits per heavy atom. The van der Waals surface area contributed by atoms with Crippen LogP contribution in [-0.4, -0.2) is 57.0 Å². The molecule has 0 unspecified atom stereocenters. The SMILES string of the molecule is Nc1ncc2n3c(nc(-c4ccc(C(=O)Nc5cc(OC(F)F)ccn5)cc4)c13)[C@@H]1CC[C@H](C1)NC(=O)CCOCCC=C2. The van der Waals surface area contributed by atoms with Crippen molar-refractivity contribution in [3.63, 3.8) is 0 Å². The first-order valence-electron chi connectivity index (χ1n) is 14.4. The van der Waals surface area contributed by atoms with Gasteiger partial charge in [0, 0.05) is 41.8 Å². The van der Waals surface area contributed by atoms with Crippen molar-refractivity contribution in [2.75, 3.05) is 24.3 Å². The quantitative estimate of drug-likeness (QED) is 0.295. The van der Waals surface area contributed by atoms with E-state index in [0.29, 0.717) is 48.6 Å². The largest absolute Gasteiger partial charge is 0.435 e. The maximum atomic E-state index is 12.9. The summed E-state index contributed by atoms with van der Waals surface area (Å²) in [6, 6.07) is 9.36. The van der Waals surface area contributed by atoms with Crippen molar-refractivity contribution in [2.45, 2.75) is 50.7 Å². The summed E-state index contributed by atoms with van der Waals surface area (Å²) >= 11 is 0. The van der Waals surface area contributed by atoms with Gasteiger partial charge in [-0.25, -0.2) is 15.0 Å². The highest BCUT2D eigenvalue weighted by molar-refractivity contribution is 6.04. The zero-order chi connectivity index (χ0) is 30.6. The van der Waals surface area contributed by atoms with Crippen LogP contribution in [0.15, 0.2) is 54.9 Å². The minimum Gasteiger partial charge on any atom is -0.435 e. The maximum absolute atomic E-state index is 12.9. The predicted octanol–water partition coefficient (Wildman–Crippen LogP) is 4.80. The number of amides is 2. The molecule has 4 N–H and O–H groups in total. The molecule has 4 aromatic rings. The van der Waals surface area contributed by atoms with Crippen molar-refractivity contribution < 1.29 is 27.8 Å². The van der Waals surface area contributed by atoms with Crippen LogP contribution in [-0.2, 0) is 9.53 Å². The molecule has 13 heteroatoms. The van der Waals surface area contributed by atoms with Crippen LogP contribution in [0, 0.1) is 0 Å². The maximum Gasteiger partial charge on any atom is 0.387 e. The molecule has 44 heavy (non-hydrogen) atoms. The minimum absolute atomic E-state index is 0.0158. The number of fused-ring (bicyclic) bond motifs is 3. The molecule has 11 nitrogen and oxygen atoms in total. The fourth-order valence-corrected chi connectivity index (χ4v) is 5.68. The first-order chi connectivity index (χ1) is 21.4. The van der Waals surface area contributed by atoms with E-state index in [4.69, 9.17) is 15.5 Å². The number of aromatic nitrogens is 4. The number of alkyl halides is 2. The van der Waals surface area contributed by atoms with Crippen molar-refractivity contribution in [1.82, 2.24) is 24.7 Å². The number of pyridine rings is 1. The van der Waals surface area contributed by atoms with Crippen LogP contribution in [0.5, 0.6) is 5.75 Å². The van der Waals surface area contributed by atoms with Crippen LogP contribution in [0.1, 0.15) is 59.9 Å². The number of rotatable bonds is 5. The Hall–Kier alpha value is -4.91. The van der Waals surface area contributed by atoms with Crippen molar-refractivity contribution in [3.8, 4) is 17.0 Å². The molecule has 1 fully saturated rings. The normalized spacial score (nSPS) is 18.9. The minimum atomic E-state index is -2.99. The molecule has 2 aliphatic rings. The summed E-state index contributed by atoms with van der Waals surface area (Å²) in [5, 5.41) is 5.74. The lowest BCUT2D eigenvalue weighted by Crippen LogP contribution is -2.33. The number of hydrogen-bond donors (Lipinski definition) is 3. The summed E-state index contributed by atoms with van der Waals surface area (Å²) in [6.45, 7) is -2.11. The molecular weight excluding hydrogens is 572 g/mol. The molecule has 1 aliphatic carbocycles. The highest BCUT2D eigenvalue weighted by Crippen LogP contribution is 2.39. The third kappa shape index (κ3) is 6.37. The Morgan fingerprint density at radius 1 is 1.16 bits per heavy atom. The third-order valence-electron chi connectivity index (χ3n) is 7.71. The molecule has 1 aromatic carbocycles. The molecule has 4 heterocycles. The lowest BCUT2D eigenvalue weighted by molar-refractivity contribution is -0.122. The highest BCUT2D eigenvalue weighted by Gasteiger charge is 2.32. The Bertz CT molecular complexity index is 1710. The number of nitrogens with zero attached hydrogens (tertiary/aromatic N) is 4. The second kappa shape index (κ2) is 12.8. The number of nitrogen functional groups attached to an aromatic ring is 1. The monoisotopic (exact) mass is 603 g/mol. The number of carbonyl (C=O) groups excluding carboxylic acids is 2. The second-order valence-corrected chi connectivity index (χ2v) is 10.7. The van der Waals surface area contributed by atoms with E-state index in [-0.39, 0.29) is 29.4 Å². The molecule has 3 aromatic heterocycles. The first kappa shape index (κ1) is 29.2. The topological polar surface area (TPSA) is 146 Å². The van der Waals surface area contributed by atoms with E-state index < -0.39 is 12.5 Å². The molecule has 2 bridgehead atoms. The Labute approximate surface area is 251 Å².